The molecule has 3 nitrogen and oxygen atoms in total. The van der Waals surface area contributed by atoms with Crippen LogP contribution in [0.25, 0.3) is 0 Å². The Hall–Kier alpha value is -2.59. The Morgan fingerprint density at radius 2 is 1.36 bits per heavy atom. The molecule has 0 bridgehead atoms. The van der Waals surface area contributed by atoms with E-state index in [1.165, 1.54) is 5.56 Å². The number of nitrogens with zero attached hydrogens (tertiary/aromatic N) is 1. The highest BCUT2D eigenvalue weighted by atomic mass is 79.9. The first-order chi connectivity index (χ1) is 12.1. The fraction of sp³-hybridized carbons (Fsp3) is 0.0952. The number of amides is 1. The first kappa shape index (κ1) is 17.2. The van der Waals surface area contributed by atoms with Crippen molar-refractivity contribution in [2.75, 3.05) is 4.90 Å². The predicted molar refractivity (Wildman–Crippen MR) is 105 cm³/mol. The van der Waals surface area contributed by atoms with E-state index in [9.17, 15) is 4.79 Å². The van der Waals surface area contributed by atoms with Crippen LogP contribution in [-0.2, 0) is 13.1 Å². The molecule has 0 spiro atoms. The van der Waals surface area contributed by atoms with Crippen molar-refractivity contribution in [2.45, 2.75) is 13.1 Å². The highest BCUT2D eigenvalue weighted by Gasteiger charge is 2.09. The van der Waals surface area contributed by atoms with E-state index in [0.717, 1.165) is 28.8 Å². The lowest BCUT2D eigenvalue weighted by Gasteiger charge is -2.25. The van der Waals surface area contributed by atoms with Gasteiger partial charge in [0.1, 0.15) is 0 Å². The van der Waals surface area contributed by atoms with E-state index in [4.69, 9.17) is 5.73 Å². The molecule has 3 aromatic rings. The smallest absolute Gasteiger partial charge is 0.248 e. The van der Waals surface area contributed by atoms with Gasteiger partial charge in [-0.05, 0) is 47.5 Å². The first-order valence-electron chi connectivity index (χ1n) is 8.05. The van der Waals surface area contributed by atoms with Crippen molar-refractivity contribution in [1.29, 1.82) is 0 Å². The van der Waals surface area contributed by atoms with E-state index in [0.29, 0.717) is 5.56 Å². The molecule has 0 radical (unpaired) electrons. The van der Waals surface area contributed by atoms with E-state index in [1.807, 2.05) is 30.3 Å². The number of carbonyl (C=O) groups is 1. The van der Waals surface area contributed by atoms with Crippen LogP contribution >= 0.6 is 15.9 Å². The molecule has 3 aromatic carbocycles. The summed E-state index contributed by atoms with van der Waals surface area (Å²) in [6, 6.07) is 26.1. The number of primary amides is 1. The summed E-state index contributed by atoms with van der Waals surface area (Å²) in [6.45, 7) is 1.55. The maximum absolute atomic E-state index is 11.2. The number of hydrogen-bond donors (Lipinski definition) is 1. The Morgan fingerprint density at radius 1 is 0.800 bits per heavy atom. The second kappa shape index (κ2) is 7.99. The van der Waals surface area contributed by atoms with Gasteiger partial charge in [0.25, 0.3) is 0 Å². The van der Waals surface area contributed by atoms with Gasteiger partial charge in [-0.25, -0.2) is 0 Å². The summed E-state index contributed by atoms with van der Waals surface area (Å²) in [4.78, 5) is 13.5. The lowest BCUT2D eigenvalue weighted by atomic mass is 10.1. The van der Waals surface area contributed by atoms with Crippen LogP contribution in [-0.4, -0.2) is 5.91 Å². The number of halogens is 1. The maximum atomic E-state index is 11.2. The molecule has 1 amide bonds. The fourth-order valence-electron chi connectivity index (χ4n) is 2.69. The van der Waals surface area contributed by atoms with Crippen LogP contribution in [0, 0.1) is 0 Å². The molecule has 0 aliphatic heterocycles. The second-order valence-corrected chi connectivity index (χ2v) is 6.79. The Kier molecular flexibility index (Phi) is 5.51. The summed E-state index contributed by atoms with van der Waals surface area (Å²) in [7, 11) is 0. The average molecular weight is 395 g/mol. The zero-order valence-electron chi connectivity index (χ0n) is 13.7. The minimum atomic E-state index is -0.402. The largest absolute Gasteiger partial charge is 0.366 e. The second-order valence-electron chi connectivity index (χ2n) is 5.88. The third kappa shape index (κ3) is 4.70. The zero-order chi connectivity index (χ0) is 17.6. The molecule has 0 atom stereocenters. The molecule has 3 rings (SSSR count). The van der Waals surface area contributed by atoms with Gasteiger partial charge in [-0.1, -0.05) is 58.4 Å². The Labute approximate surface area is 156 Å². The van der Waals surface area contributed by atoms with E-state index >= 15 is 0 Å². The van der Waals surface area contributed by atoms with Crippen molar-refractivity contribution in [3.05, 3.63) is 100 Å². The third-order valence-electron chi connectivity index (χ3n) is 4.02. The summed E-state index contributed by atoms with van der Waals surface area (Å²) in [6.07, 6.45) is 0. The molecule has 0 saturated carbocycles. The summed E-state index contributed by atoms with van der Waals surface area (Å²) in [5, 5.41) is 0. The van der Waals surface area contributed by atoms with Crippen LogP contribution in [0.4, 0.5) is 5.69 Å². The van der Waals surface area contributed by atoms with Crippen LogP contribution in [0.2, 0.25) is 0 Å². The van der Waals surface area contributed by atoms with Gasteiger partial charge in [-0.15, -0.1) is 0 Å². The topological polar surface area (TPSA) is 46.3 Å². The number of benzene rings is 3. The summed E-state index contributed by atoms with van der Waals surface area (Å²) in [5.41, 5.74) is 9.37. The van der Waals surface area contributed by atoms with Crippen molar-refractivity contribution in [3.63, 3.8) is 0 Å². The lowest BCUT2D eigenvalue weighted by molar-refractivity contribution is 0.100. The molecule has 25 heavy (non-hydrogen) atoms. The number of rotatable bonds is 6. The Balaban J connectivity index is 1.85. The minimum Gasteiger partial charge on any atom is -0.366 e. The van der Waals surface area contributed by atoms with Crippen molar-refractivity contribution in [3.8, 4) is 0 Å². The molecule has 0 aromatic heterocycles. The fourth-order valence-corrected chi connectivity index (χ4v) is 2.95. The molecule has 4 heteroatoms. The molecule has 0 heterocycles. The average Bonchev–Trinajstić information content (AvgIpc) is 2.63. The Morgan fingerprint density at radius 3 is 1.92 bits per heavy atom. The molecule has 2 N–H and O–H groups in total. The summed E-state index contributed by atoms with van der Waals surface area (Å²) >= 11 is 3.49. The molecule has 0 aliphatic carbocycles. The van der Waals surface area contributed by atoms with E-state index in [2.05, 4.69) is 57.2 Å². The zero-order valence-corrected chi connectivity index (χ0v) is 15.3. The van der Waals surface area contributed by atoms with E-state index < -0.39 is 5.91 Å². The normalized spacial score (nSPS) is 10.4. The van der Waals surface area contributed by atoms with Gasteiger partial charge in [0.2, 0.25) is 5.91 Å². The molecule has 0 saturated heterocycles. The number of nitrogens with two attached hydrogens (primary N) is 1. The van der Waals surface area contributed by atoms with Crippen LogP contribution < -0.4 is 10.6 Å². The number of anilines is 1. The molecule has 0 fully saturated rings. The lowest BCUT2D eigenvalue weighted by Crippen LogP contribution is -2.22. The van der Waals surface area contributed by atoms with Gasteiger partial charge >= 0.3 is 0 Å². The van der Waals surface area contributed by atoms with E-state index in [-0.39, 0.29) is 0 Å². The molecular formula is C21H19BrN2O. The molecule has 0 aliphatic rings. The number of hydrogen-bond acceptors (Lipinski definition) is 2. The van der Waals surface area contributed by atoms with Crippen LogP contribution in [0.5, 0.6) is 0 Å². The van der Waals surface area contributed by atoms with Crippen LogP contribution in [0.15, 0.2) is 83.3 Å². The van der Waals surface area contributed by atoms with Crippen LogP contribution in [0.1, 0.15) is 21.5 Å². The number of carbonyl (C=O) groups excluding carboxylic acids is 1. The van der Waals surface area contributed by atoms with Gasteiger partial charge in [0.15, 0.2) is 0 Å². The monoisotopic (exact) mass is 394 g/mol. The quantitative estimate of drug-likeness (QED) is 0.655. The van der Waals surface area contributed by atoms with Crippen molar-refractivity contribution >= 4 is 27.5 Å². The van der Waals surface area contributed by atoms with Gasteiger partial charge in [-0.2, -0.15) is 0 Å². The minimum absolute atomic E-state index is 0.402. The standard InChI is InChI=1S/C21H19BrN2O/c22-19-10-12-20(13-11-19)24(14-16-4-2-1-3-5-16)15-17-6-8-18(9-7-17)21(23)25/h1-13H,14-15H2,(H2,23,25). The SMILES string of the molecule is NC(=O)c1ccc(CN(Cc2ccccc2)c2ccc(Br)cc2)cc1. The van der Waals surface area contributed by atoms with Gasteiger partial charge in [-0.3, -0.25) is 4.79 Å². The van der Waals surface area contributed by atoms with Gasteiger partial charge in [0.05, 0.1) is 0 Å². The van der Waals surface area contributed by atoms with Crippen molar-refractivity contribution in [1.82, 2.24) is 0 Å². The highest BCUT2D eigenvalue weighted by molar-refractivity contribution is 9.10. The molecule has 0 unspecified atom stereocenters. The highest BCUT2D eigenvalue weighted by Crippen LogP contribution is 2.23. The summed E-state index contributed by atoms with van der Waals surface area (Å²) in [5.74, 6) is -0.402. The van der Waals surface area contributed by atoms with Crippen molar-refractivity contribution in [2.24, 2.45) is 5.73 Å². The van der Waals surface area contributed by atoms with E-state index in [1.54, 1.807) is 12.1 Å². The van der Waals surface area contributed by atoms with Crippen LogP contribution in [0.3, 0.4) is 0 Å². The maximum Gasteiger partial charge on any atom is 0.248 e. The van der Waals surface area contributed by atoms with Gasteiger partial charge < -0.3 is 10.6 Å². The third-order valence-corrected chi connectivity index (χ3v) is 4.55. The Bertz CT molecular complexity index is 830. The van der Waals surface area contributed by atoms with Gasteiger partial charge in [0, 0.05) is 28.8 Å². The first-order valence-corrected chi connectivity index (χ1v) is 8.84. The summed E-state index contributed by atoms with van der Waals surface area (Å²) < 4.78 is 1.06. The molecular weight excluding hydrogens is 376 g/mol. The predicted octanol–water partition coefficient (Wildman–Crippen LogP) is 4.75. The van der Waals surface area contributed by atoms with Crippen molar-refractivity contribution < 1.29 is 4.79 Å². The molecule has 126 valence electrons.